The molecule has 1 rings (SSSR count). The summed E-state index contributed by atoms with van der Waals surface area (Å²) in [6, 6.07) is 9.34. The second-order valence-electron chi connectivity index (χ2n) is 3.80. The zero-order valence-corrected chi connectivity index (χ0v) is 9.69. The molecule has 0 heterocycles. The van der Waals surface area contributed by atoms with Gasteiger partial charge in [-0.1, -0.05) is 30.3 Å². The molecular formula is C11H16O7. The van der Waals surface area contributed by atoms with E-state index in [1.165, 1.54) is 0 Å². The van der Waals surface area contributed by atoms with Gasteiger partial charge in [0.2, 0.25) is 0 Å². The highest BCUT2D eigenvalue weighted by Crippen LogP contribution is 2.13. The van der Waals surface area contributed by atoms with Gasteiger partial charge in [-0.25, -0.2) is 14.7 Å². The maximum Gasteiger partial charge on any atom is 0.179 e. The molecule has 7 heteroatoms. The van der Waals surface area contributed by atoms with Crippen LogP contribution in [0.1, 0.15) is 5.56 Å². The molecular weight excluding hydrogens is 244 g/mol. The summed E-state index contributed by atoms with van der Waals surface area (Å²) in [6.45, 7) is -0.694. The van der Waals surface area contributed by atoms with Crippen LogP contribution < -0.4 is 0 Å². The van der Waals surface area contributed by atoms with Crippen LogP contribution in [0, 0.1) is 0 Å². The van der Waals surface area contributed by atoms with Crippen molar-refractivity contribution in [3.8, 4) is 0 Å². The first-order valence-electron chi connectivity index (χ1n) is 5.23. The van der Waals surface area contributed by atoms with Gasteiger partial charge in [0.25, 0.3) is 0 Å². The fourth-order valence-electron chi connectivity index (χ4n) is 1.37. The number of benzene rings is 1. The second-order valence-corrected chi connectivity index (χ2v) is 3.80. The Bertz CT molecular complexity index is 310. The van der Waals surface area contributed by atoms with E-state index in [-0.39, 0.29) is 13.2 Å². The zero-order valence-electron chi connectivity index (χ0n) is 9.69. The average molecular weight is 260 g/mol. The third-order valence-electron chi connectivity index (χ3n) is 2.33. The zero-order chi connectivity index (χ0) is 13.3. The molecule has 0 aromatic heterocycles. The Labute approximate surface area is 104 Å². The first kappa shape index (κ1) is 15.0. The molecule has 0 radical (unpaired) electrons. The summed E-state index contributed by atoms with van der Waals surface area (Å²) in [7, 11) is 0. The summed E-state index contributed by atoms with van der Waals surface area (Å²) >= 11 is 0. The first-order chi connectivity index (χ1) is 8.76. The fourth-order valence-corrected chi connectivity index (χ4v) is 1.37. The van der Waals surface area contributed by atoms with Crippen LogP contribution in [0.4, 0.5) is 0 Å². The van der Waals surface area contributed by atoms with E-state index < -0.39 is 18.8 Å². The molecule has 0 saturated heterocycles. The highest BCUT2D eigenvalue weighted by Gasteiger charge is 2.34. The van der Waals surface area contributed by atoms with Crippen molar-refractivity contribution in [3.05, 3.63) is 35.9 Å². The van der Waals surface area contributed by atoms with Crippen molar-refractivity contribution in [2.24, 2.45) is 0 Å². The lowest BCUT2D eigenvalue weighted by Crippen LogP contribution is -2.46. The number of rotatable bonds is 9. The van der Waals surface area contributed by atoms with Crippen molar-refractivity contribution in [2.45, 2.75) is 12.2 Å². The van der Waals surface area contributed by atoms with Gasteiger partial charge in [-0.2, -0.15) is 0 Å². The van der Waals surface area contributed by atoms with Crippen molar-refractivity contribution in [1.29, 1.82) is 0 Å². The molecule has 0 aliphatic rings. The summed E-state index contributed by atoms with van der Waals surface area (Å²) in [4.78, 5) is 12.0. The fraction of sp³-hybridized carbons (Fsp3) is 0.455. The Kier molecular flexibility index (Phi) is 6.76. The minimum absolute atomic E-state index is 0.139. The molecule has 1 aromatic carbocycles. The van der Waals surface area contributed by atoms with Gasteiger partial charge in [-0.15, -0.1) is 0 Å². The van der Waals surface area contributed by atoms with E-state index in [1.807, 2.05) is 30.3 Å². The van der Waals surface area contributed by atoms with Crippen LogP contribution in [0.3, 0.4) is 0 Å². The topological polar surface area (TPSA) is 97.6 Å². The summed E-state index contributed by atoms with van der Waals surface area (Å²) in [5, 5.41) is 25.6. The molecule has 7 nitrogen and oxygen atoms in total. The van der Waals surface area contributed by atoms with Crippen molar-refractivity contribution in [3.63, 3.8) is 0 Å². The van der Waals surface area contributed by atoms with Gasteiger partial charge in [-0.05, 0) is 5.56 Å². The molecule has 0 bridgehead atoms. The average Bonchev–Trinajstić information content (AvgIpc) is 2.40. The summed E-state index contributed by atoms with van der Waals surface area (Å²) in [6.07, 6.45) is 0. The van der Waals surface area contributed by atoms with Crippen molar-refractivity contribution >= 4 is 0 Å². The van der Waals surface area contributed by atoms with E-state index in [9.17, 15) is 0 Å². The van der Waals surface area contributed by atoms with Crippen molar-refractivity contribution in [1.82, 2.24) is 0 Å². The standard InChI is InChI=1S/C11H16O7/c12-16-8-11(18-14,9-17-13)7-15-6-10-4-2-1-3-5-10/h1-5,12-14H,6-9H2. The van der Waals surface area contributed by atoms with Gasteiger partial charge >= 0.3 is 0 Å². The van der Waals surface area contributed by atoms with E-state index in [0.717, 1.165) is 5.56 Å². The molecule has 0 aliphatic heterocycles. The number of hydrogen-bond donors (Lipinski definition) is 3. The third kappa shape index (κ3) is 4.67. The minimum atomic E-state index is -1.49. The van der Waals surface area contributed by atoms with Gasteiger partial charge in [0.05, 0.1) is 13.2 Å². The smallest absolute Gasteiger partial charge is 0.179 e. The Hall–Kier alpha value is -1.06. The highest BCUT2D eigenvalue weighted by molar-refractivity contribution is 5.13. The molecule has 18 heavy (non-hydrogen) atoms. The van der Waals surface area contributed by atoms with Crippen LogP contribution >= 0.6 is 0 Å². The summed E-state index contributed by atoms with van der Waals surface area (Å²) in [5.74, 6) is 0. The Balaban J connectivity index is 2.46. The quantitative estimate of drug-likeness (QED) is 0.456. The third-order valence-corrected chi connectivity index (χ3v) is 2.33. The highest BCUT2D eigenvalue weighted by atomic mass is 17.2. The number of hydrogen-bond acceptors (Lipinski definition) is 7. The lowest BCUT2D eigenvalue weighted by molar-refractivity contribution is -0.402. The maximum atomic E-state index is 8.77. The predicted molar refractivity (Wildman–Crippen MR) is 59.7 cm³/mol. The Morgan fingerprint density at radius 1 is 0.889 bits per heavy atom. The van der Waals surface area contributed by atoms with Gasteiger partial charge < -0.3 is 4.74 Å². The van der Waals surface area contributed by atoms with Crippen LogP contribution in [-0.4, -0.2) is 41.2 Å². The molecule has 0 unspecified atom stereocenters. The number of ether oxygens (including phenoxy) is 1. The van der Waals surface area contributed by atoms with Gasteiger partial charge in [0.15, 0.2) is 5.60 Å². The molecule has 0 spiro atoms. The molecule has 0 aliphatic carbocycles. The molecule has 0 amide bonds. The SMILES string of the molecule is OOCC(COO)(COCc1ccccc1)OO. The minimum Gasteiger partial charge on any atom is -0.373 e. The van der Waals surface area contributed by atoms with Crippen molar-refractivity contribution < 1.29 is 35.2 Å². The molecule has 1 aromatic rings. The van der Waals surface area contributed by atoms with Gasteiger partial charge in [0.1, 0.15) is 13.2 Å². The monoisotopic (exact) mass is 260 g/mol. The van der Waals surface area contributed by atoms with E-state index in [4.69, 9.17) is 20.5 Å². The molecule has 0 fully saturated rings. The van der Waals surface area contributed by atoms with E-state index in [2.05, 4.69) is 14.7 Å². The van der Waals surface area contributed by atoms with Gasteiger partial charge in [0, 0.05) is 0 Å². The Morgan fingerprint density at radius 2 is 1.50 bits per heavy atom. The normalized spacial score (nSPS) is 11.7. The second kappa shape index (κ2) is 8.11. The van der Waals surface area contributed by atoms with Crippen LogP contribution in [-0.2, 0) is 26.0 Å². The summed E-state index contributed by atoms with van der Waals surface area (Å²) in [5.41, 5.74) is -0.558. The molecule has 3 N–H and O–H groups in total. The summed E-state index contributed by atoms with van der Waals surface area (Å²) < 4.78 is 5.31. The van der Waals surface area contributed by atoms with E-state index in [0.29, 0.717) is 0 Å². The molecule has 0 atom stereocenters. The predicted octanol–water partition coefficient (Wildman–Crippen LogP) is 1.41. The van der Waals surface area contributed by atoms with Crippen LogP contribution in [0.5, 0.6) is 0 Å². The lowest BCUT2D eigenvalue weighted by Gasteiger charge is -2.26. The maximum absolute atomic E-state index is 8.77. The van der Waals surface area contributed by atoms with Crippen LogP contribution in [0.15, 0.2) is 30.3 Å². The first-order valence-corrected chi connectivity index (χ1v) is 5.23. The molecule has 102 valence electrons. The Morgan fingerprint density at radius 3 is 2.00 bits per heavy atom. The van der Waals surface area contributed by atoms with Crippen molar-refractivity contribution in [2.75, 3.05) is 19.8 Å². The van der Waals surface area contributed by atoms with Crippen LogP contribution in [0.25, 0.3) is 0 Å². The largest absolute Gasteiger partial charge is 0.373 e. The van der Waals surface area contributed by atoms with E-state index >= 15 is 0 Å². The van der Waals surface area contributed by atoms with Crippen LogP contribution in [0.2, 0.25) is 0 Å². The lowest BCUT2D eigenvalue weighted by atomic mass is 10.1. The van der Waals surface area contributed by atoms with Gasteiger partial charge in [-0.3, -0.25) is 15.8 Å². The van der Waals surface area contributed by atoms with E-state index in [1.54, 1.807) is 0 Å². The molecule has 0 saturated carbocycles.